The van der Waals surface area contributed by atoms with Gasteiger partial charge in [0.05, 0.1) is 27.6 Å². The number of nitrogens with one attached hydrogen (secondary N) is 2. The van der Waals surface area contributed by atoms with E-state index in [0.29, 0.717) is 17.1 Å². The van der Waals surface area contributed by atoms with Crippen molar-refractivity contribution >= 4 is 87.1 Å². The van der Waals surface area contributed by atoms with E-state index < -0.39 is 69.1 Å². The second-order valence-electron chi connectivity index (χ2n) is 10.7. The fourth-order valence-corrected chi connectivity index (χ4v) is 6.37. The second-order valence-corrected chi connectivity index (χ2v) is 14.9. The normalized spacial score (nSPS) is 12.2. The van der Waals surface area contributed by atoms with Gasteiger partial charge < -0.3 is 15.7 Å². The first-order chi connectivity index (χ1) is 24.3. The summed E-state index contributed by atoms with van der Waals surface area (Å²) in [6, 6.07) is 19.3. The Morgan fingerprint density at radius 1 is 0.604 bits per heavy atom. The number of fused-ring (bicyclic) bond motifs is 1. The van der Waals surface area contributed by atoms with Gasteiger partial charge in [0.2, 0.25) is 5.91 Å². The quantitative estimate of drug-likeness (QED) is 0.0675. The van der Waals surface area contributed by atoms with E-state index in [1.54, 1.807) is 24.3 Å². The molecule has 18 nitrogen and oxygen atoms in total. The van der Waals surface area contributed by atoms with Crippen LogP contribution in [0.5, 0.6) is 5.75 Å². The van der Waals surface area contributed by atoms with Gasteiger partial charge >= 0.3 is 29.6 Å². The Hall–Kier alpha value is -4.97. The van der Waals surface area contributed by atoms with Gasteiger partial charge in [-0.05, 0) is 96.4 Å². The third kappa shape index (κ3) is 10.1. The number of aromatic hydroxyl groups is 1. The molecule has 0 spiro atoms. The predicted molar refractivity (Wildman–Crippen MR) is 185 cm³/mol. The van der Waals surface area contributed by atoms with Crippen LogP contribution in [0, 0.1) is 0 Å². The molecule has 22 heteroatoms. The number of benzene rings is 5. The summed E-state index contributed by atoms with van der Waals surface area (Å²) in [7, 11) is -14.4. The Labute approximate surface area is 323 Å². The first kappa shape index (κ1) is 40.8. The number of phenolic OH excluding ortho intramolecular Hbond substituents is 1. The van der Waals surface area contributed by atoms with Gasteiger partial charge in [-0.2, -0.15) is 40.6 Å². The number of hydrogen-bond acceptors (Lipinski definition) is 13. The van der Waals surface area contributed by atoms with E-state index in [1.807, 2.05) is 0 Å². The van der Waals surface area contributed by atoms with Crippen LogP contribution >= 0.6 is 0 Å². The minimum absolute atomic E-state index is 0. The summed E-state index contributed by atoms with van der Waals surface area (Å²) < 4.78 is 99.1. The number of carbonyl (C=O) groups excluding carboxylic acids is 2. The number of nitrogens with zero attached hydrogens (tertiary/aromatic N) is 4. The van der Waals surface area contributed by atoms with Gasteiger partial charge in [0.25, 0.3) is 36.3 Å². The maximum atomic E-state index is 12.8. The molecule has 0 aliphatic carbocycles. The summed E-state index contributed by atoms with van der Waals surface area (Å²) in [6.45, 7) is 1.06. The van der Waals surface area contributed by atoms with E-state index in [9.17, 15) is 49.1 Å². The number of rotatable bonds is 10. The van der Waals surface area contributed by atoms with Crippen molar-refractivity contribution < 1.29 is 83.2 Å². The first-order valence-electron chi connectivity index (χ1n) is 14.3. The number of azo groups is 2. The minimum Gasteiger partial charge on any atom is -0.505 e. The standard InChI is InChI=1S/C31H24N6O12S3.Na/c1-17(38)32-26-16-25-19(14-27(26)51(44,45)46)15-28(52(47,48)49)29(30(25)39)37-36-21-4-2-18(3-5-21)31(40)33-20-6-8-22(9-7-20)34-35-23-10-12-24(13-11-23)50(41,42)43;/h2-16,39H,1H3,(H,32,38)(H,33,40)(H,41,42,43)(H,44,45,46)(H,47,48,49);/q;+1. The van der Waals surface area contributed by atoms with Crippen LogP contribution in [-0.2, 0) is 35.1 Å². The Morgan fingerprint density at radius 3 is 1.57 bits per heavy atom. The van der Waals surface area contributed by atoms with E-state index in [0.717, 1.165) is 25.1 Å². The van der Waals surface area contributed by atoms with Crippen LogP contribution in [0.25, 0.3) is 10.8 Å². The molecule has 268 valence electrons. The SMILES string of the molecule is CC(=O)Nc1cc2c(O)c(N=Nc3ccc(C(=O)Nc4ccc(N=Nc5ccc(S(=O)(=O)O)cc5)cc4)cc3)c(S(=O)(=O)O)cc2cc1S(=O)(=O)O.[Na+]. The third-order valence-corrected chi connectivity index (χ3v) is 9.58. The molecule has 0 heterocycles. The van der Waals surface area contributed by atoms with Crippen molar-refractivity contribution in [3.05, 3.63) is 96.6 Å². The Balaban J connectivity index is 0.00000627. The number of carbonyl (C=O) groups is 2. The molecule has 0 aromatic heterocycles. The molecular formula is C31H24N6NaO12S3+. The molecule has 5 rings (SSSR count). The summed E-state index contributed by atoms with van der Waals surface area (Å²) in [6.07, 6.45) is 0. The smallest absolute Gasteiger partial charge is 0.505 e. The molecule has 0 fully saturated rings. The molecule has 0 radical (unpaired) electrons. The molecule has 0 unspecified atom stereocenters. The summed E-state index contributed by atoms with van der Waals surface area (Å²) in [4.78, 5) is 22.4. The molecule has 2 amide bonds. The van der Waals surface area contributed by atoms with E-state index in [1.165, 1.54) is 48.5 Å². The summed E-state index contributed by atoms with van der Waals surface area (Å²) in [5.41, 5.74) is 0.249. The van der Waals surface area contributed by atoms with E-state index in [-0.39, 0.29) is 56.5 Å². The molecule has 0 saturated carbocycles. The number of phenols is 1. The Kier molecular flexibility index (Phi) is 12.3. The molecule has 0 saturated heterocycles. The summed E-state index contributed by atoms with van der Waals surface area (Å²) in [5, 5.41) is 31.1. The van der Waals surface area contributed by atoms with Crippen LogP contribution in [0.15, 0.2) is 126 Å². The Bertz CT molecular complexity index is 2640. The van der Waals surface area contributed by atoms with Crippen molar-refractivity contribution in [2.75, 3.05) is 10.6 Å². The van der Waals surface area contributed by atoms with Gasteiger partial charge in [0, 0.05) is 23.6 Å². The van der Waals surface area contributed by atoms with E-state index in [2.05, 4.69) is 31.1 Å². The predicted octanol–water partition coefficient (Wildman–Crippen LogP) is 3.33. The molecule has 6 N–H and O–H groups in total. The summed E-state index contributed by atoms with van der Waals surface area (Å²) >= 11 is 0. The van der Waals surface area contributed by atoms with Gasteiger partial charge in [-0.3, -0.25) is 23.2 Å². The largest absolute Gasteiger partial charge is 1.00 e. The number of amides is 2. The van der Waals surface area contributed by atoms with Crippen LogP contribution in [0.3, 0.4) is 0 Å². The van der Waals surface area contributed by atoms with Gasteiger partial charge in [0.15, 0.2) is 5.75 Å². The molecule has 0 aliphatic heterocycles. The number of hydrogen-bond donors (Lipinski definition) is 6. The van der Waals surface area contributed by atoms with Crippen LogP contribution in [0.4, 0.5) is 34.1 Å². The van der Waals surface area contributed by atoms with Crippen LogP contribution < -0.4 is 40.2 Å². The molecule has 0 aliphatic rings. The zero-order valence-corrected chi connectivity index (χ0v) is 31.7. The zero-order chi connectivity index (χ0) is 38.0. The van der Waals surface area contributed by atoms with E-state index in [4.69, 9.17) is 4.55 Å². The molecule has 53 heavy (non-hydrogen) atoms. The average Bonchev–Trinajstić information content (AvgIpc) is 3.06. The van der Waals surface area contributed by atoms with Gasteiger partial charge in [-0.25, -0.2) is 0 Å². The van der Waals surface area contributed by atoms with Crippen LogP contribution in [0.1, 0.15) is 17.3 Å². The van der Waals surface area contributed by atoms with Crippen molar-refractivity contribution in [2.45, 2.75) is 21.6 Å². The van der Waals surface area contributed by atoms with Gasteiger partial charge in [-0.1, -0.05) is 0 Å². The third-order valence-electron chi connectivity index (χ3n) is 6.95. The second kappa shape index (κ2) is 16.0. The van der Waals surface area contributed by atoms with E-state index >= 15 is 0 Å². The molecule has 5 aromatic carbocycles. The van der Waals surface area contributed by atoms with Crippen LogP contribution in [-0.4, -0.2) is 55.8 Å². The maximum absolute atomic E-state index is 12.8. The topological polar surface area (TPSA) is 291 Å². The van der Waals surface area contributed by atoms with Crippen LogP contribution in [0.2, 0.25) is 0 Å². The van der Waals surface area contributed by atoms with Crippen molar-refractivity contribution in [1.82, 2.24) is 0 Å². The van der Waals surface area contributed by atoms with Crippen molar-refractivity contribution in [1.29, 1.82) is 0 Å². The molecule has 0 atom stereocenters. The zero-order valence-electron chi connectivity index (χ0n) is 27.2. The van der Waals surface area contributed by atoms with Gasteiger partial charge in [0.1, 0.15) is 15.5 Å². The fraction of sp³-hybridized carbons (Fsp3) is 0.0323. The minimum atomic E-state index is -5.09. The molecular weight excluding hydrogens is 768 g/mol. The maximum Gasteiger partial charge on any atom is 1.00 e. The van der Waals surface area contributed by atoms with Crippen molar-refractivity contribution in [3.8, 4) is 5.75 Å². The number of anilines is 2. The van der Waals surface area contributed by atoms with Gasteiger partial charge in [-0.15, -0.1) is 5.11 Å². The fourth-order valence-electron chi connectivity index (χ4n) is 4.57. The molecule has 0 bridgehead atoms. The Morgan fingerprint density at radius 2 is 1.08 bits per heavy atom. The molecule has 5 aromatic rings. The van der Waals surface area contributed by atoms with Crippen molar-refractivity contribution in [3.63, 3.8) is 0 Å². The monoisotopic (exact) mass is 791 g/mol. The first-order valence-corrected chi connectivity index (χ1v) is 18.6. The summed E-state index contributed by atoms with van der Waals surface area (Å²) in [5.74, 6) is -2.10. The average molecular weight is 792 g/mol. The van der Waals surface area contributed by atoms with Crippen molar-refractivity contribution in [2.24, 2.45) is 20.5 Å².